The average Bonchev–Trinajstić information content (AvgIpc) is 3.15. The molecule has 0 radical (unpaired) electrons. The first-order valence-corrected chi connectivity index (χ1v) is 6.59. The van der Waals surface area contributed by atoms with E-state index in [0.29, 0.717) is 17.9 Å². The molecule has 22 heavy (non-hydrogen) atoms. The number of imidazole rings is 1. The van der Waals surface area contributed by atoms with Gasteiger partial charge in [-0.3, -0.25) is 5.41 Å². The maximum atomic E-state index is 13.1. The highest BCUT2D eigenvalue weighted by Gasteiger charge is 2.16. The number of anilines is 1. The fourth-order valence-electron chi connectivity index (χ4n) is 1.83. The van der Waals surface area contributed by atoms with Gasteiger partial charge in [-0.05, 0) is 23.4 Å². The summed E-state index contributed by atoms with van der Waals surface area (Å²) in [6, 6.07) is 4.07. The van der Waals surface area contributed by atoms with Crippen molar-refractivity contribution < 1.29 is 9.02 Å². The van der Waals surface area contributed by atoms with Crippen molar-refractivity contribution >= 4 is 23.1 Å². The molecule has 2 heterocycles. The number of halogens is 2. The maximum absolute atomic E-state index is 13.1. The lowest BCUT2D eigenvalue weighted by Crippen LogP contribution is -2.15. The molecule has 0 fully saturated rings. The number of hydrogen-bond acceptors (Lipinski definition) is 5. The quantitative estimate of drug-likeness (QED) is 0.569. The standard InChI is InChI=1S/C13H10ClFN6O/c14-9-5-8(1-2-10(9)15)18-13(16)12-11(19-22-20-12)6-21-4-3-17-7-21/h1-5,7H,6H2,(H2,16,18). The van der Waals surface area contributed by atoms with E-state index in [1.165, 1.54) is 18.2 Å². The largest absolute Gasteiger partial charge is 0.339 e. The van der Waals surface area contributed by atoms with Crippen LogP contribution in [0.5, 0.6) is 0 Å². The predicted molar refractivity (Wildman–Crippen MR) is 77.5 cm³/mol. The Hall–Kier alpha value is -2.74. The van der Waals surface area contributed by atoms with E-state index >= 15 is 0 Å². The Balaban J connectivity index is 1.78. The molecule has 0 saturated heterocycles. The van der Waals surface area contributed by atoms with E-state index in [-0.39, 0.29) is 16.6 Å². The van der Waals surface area contributed by atoms with Gasteiger partial charge in [-0.25, -0.2) is 14.0 Å². The first kappa shape index (κ1) is 14.2. The number of rotatable bonds is 4. The SMILES string of the molecule is N=C(Nc1ccc(F)c(Cl)c1)c1nonc1Cn1ccnc1. The molecule has 7 nitrogen and oxygen atoms in total. The van der Waals surface area contributed by atoms with Gasteiger partial charge in [-0.15, -0.1) is 0 Å². The van der Waals surface area contributed by atoms with E-state index < -0.39 is 5.82 Å². The van der Waals surface area contributed by atoms with Gasteiger partial charge in [0.25, 0.3) is 0 Å². The first-order chi connectivity index (χ1) is 10.6. The lowest BCUT2D eigenvalue weighted by molar-refractivity contribution is 0.302. The minimum Gasteiger partial charge on any atom is -0.339 e. The highest BCUT2D eigenvalue weighted by Crippen LogP contribution is 2.20. The van der Waals surface area contributed by atoms with Crippen LogP contribution in [0.2, 0.25) is 5.02 Å². The normalized spacial score (nSPS) is 10.6. The Morgan fingerprint density at radius 3 is 3.00 bits per heavy atom. The van der Waals surface area contributed by atoms with Crippen LogP contribution in [0.1, 0.15) is 11.4 Å². The van der Waals surface area contributed by atoms with E-state index in [4.69, 9.17) is 21.6 Å². The van der Waals surface area contributed by atoms with Crippen molar-refractivity contribution in [2.24, 2.45) is 0 Å². The number of amidine groups is 1. The smallest absolute Gasteiger partial charge is 0.174 e. The second-order valence-corrected chi connectivity index (χ2v) is 4.83. The molecular weight excluding hydrogens is 311 g/mol. The molecule has 0 atom stereocenters. The minimum atomic E-state index is -0.525. The molecule has 0 aliphatic carbocycles. The maximum Gasteiger partial charge on any atom is 0.174 e. The zero-order valence-electron chi connectivity index (χ0n) is 11.1. The van der Waals surface area contributed by atoms with Gasteiger partial charge in [0.05, 0.1) is 17.9 Å². The van der Waals surface area contributed by atoms with Gasteiger partial charge in [0, 0.05) is 18.1 Å². The summed E-state index contributed by atoms with van der Waals surface area (Å²) in [5, 5.41) is 18.3. The van der Waals surface area contributed by atoms with Gasteiger partial charge in [0.2, 0.25) is 0 Å². The van der Waals surface area contributed by atoms with Crippen LogP contribution in [0, 0.1) is 11.2 Å². The Morgan fingerprint density at radius 1 is 1.41 bits per heavy atom. The monoisotopic (exact) mass is 320 g/mol. The predicted octanol–water partition coefficient (Wildman–Crippen LogP) is 2.54. The van der Waals surface area contributed by atoms with Crippen molar-refractivity contribution in [2.75, 3.05) is 5.32 Å². The van der Waals surface area contributed by atoms with Crippen molar-refractivity contribution in [1.29, 1.82) is 5.41 Å². The Bertz CT molecular complexity index is 801. The first-order valence-electron chi connectivity index (χ1n) is 6.21. The fourth-order valence-corrected chi connectivity index (χ4v) is 2.01. The highest BCUT2D eigenvalue weighted by molar-refractivity contribution is 6.31. The second-order valence-electron chi connectivity index (χ2n) is 4.42. The van der Waals surface area contributed by atoms with Crippen molar-refractivity contribution in [2.45, 2.75) is 6.54 Å². The van der Waals surface area contributed by atoms with E-state index in [1.807, 2.05) is 0 Å². The van der Waals surface area contributed by atoms with Crippen LogP contribution in [0.15, 0.2) is 41.5 Å². The zero-order chi connectivity index (χ0) is 15.5. The van der Waals surface area contributed by atoms with Gasteiger partial charge in [0.15, 0.2) is 11.5 Å². The Kier molecular flexibility index (Phi) is 3.84. The average molecular weight is 321 g/mol. The fraction of sp³-hybridized carbons (Fsp3) is 0.0769. The number of aromatic nitrogens is 4. The summed E-state index contributed by atoms with van der Waals surface area (Å²) in [4.78, 5) is 3.93. The van der Waals surface area contributed by atoms with Crippen LogP contribution < -0.4 is 5.32 Å². The van der Waals surface area contributed by atoms with Crippen molar-refractivity contribution in [3.63, 3.8) is 0 Å². The van der Waals surface area contributed by atoms with Crippen LogP contribution in [-0.4, -0.2) is 25.7 Å². The summed E-state index contributed by atoms with van der Waals surface area (Å²) in [5.74, 6) is -0.554. The van der Waals surface area contributed by atoms with E-state index in [1.54, 1.807) is 23.3 Å². The van der Waals surface area contributed by atoms with Crippen LogP contribution in [-0.2, 0) is 6.54 Å². The summed E-state index contributed by atoms with van der Waals surface area (Å²) in [5.41, 5.74) is 1.20. The summed E-state index contributed by atoms with van der Waals surface area (Å²) in [7, 11) is 0. The minimum absolute atomic E-state index is 0.0287. The second kappa shape index (κ2) is 5.94. The number of hydrogen-bond donors (Lipinski definition) is 2. The molecule has 112 valence electrons. The van der Waals surface area contributed by atoms with Crippen LogP contribution in [0.4, 0.5) is 10.1 Å². The topological polar surface area (TPSA) is 92.6 Å². The zero-order valence-corrected chi connectivity index (χ0v) is 11.9. The molecule has 0 amide bonds. The summed E-state index contributed by atoms with van der Waals surface area (Å²) >= 11 is 5.71. The summed E-state index contributed by atoms with van der Waals surface area (Å²) < 4.78 is 19.6. The molecule has 1 aromatic carbocycles. The highest BCUT2D eigenvalue weighted by atomic mass is 35.5. The van der Waals surface area contributed by atoms with Crippen LogP contribution in [0.25, 0.3) is 0 Å². The molecule has 9 heteroatoms. The van der Waals surface area contributed by atoms with Gasteiger partial charge < -0.3 is 9.88 Å². The van der Waals surface area contributed by atoms with Crippen LogP contribution >= 0.6 is 11.6 Å². The molecule has 0 bridgehead atoms. The number of nitrogens with zero attached hydrogens (tertiary/aromatic N) is 4. The van der Waals surface area contributed by atoms with E-state index in [2.05, 4.69) is 20.6 Å². The summed E-state index contributed by atoms with van der Waals surface area (Å²) in [6.45, 7) is 0.368. The number of benzene rings is 1. The van der Waals surface area contributed by atoms with Gasteiger partial charge in [-0.2, -0.15) is 0 Å². The van der Waals surface area contributed by atoms with Gasteiger partial charge in [-0.1, -0.05) is 16.8 Å². The molecule has 0 aliphatic rings. The lowest BCUT2D eigenvalue weighted by Gasteiger charge is -2.07. The molecule has 3 rings (SSSR count). The van der Waals surface area contributed by atoms with Crippen molar-refractivity contribution in [3.8, 4) is 0 Å². The molecule has 2 aromatic heterocycles. The third-order valence-electron chi connectivity index (χ3n) is 2.87. The molecule has 0 aliphatic heterocycles. The molecule has 0 saturated carbocycles. The van der Waals surface area contributed by atoms with E-state index in [9.17, 15) is 4.39 Å². The molecule has 0 unspecified atom stereocenters. The van der Waals surface area contributed by atoms with Crippen molar-refractivity contribution in [3.05, 3.63) is 59.1 Å². The van der Waals surface area contributed by atoms with Gasteiger partial charge >= 0.3 is 0 Å². The van der Waals surface area contributed by atoms with E-state index in [0.717, 1.165) is 0 Å². The molecule has 2 N–H and O–H groups in total. The number of nitrogens with one attached hydrogen (secondary N) is 2. The lowest BCUT2D eigenvalue weighted by atomic mass is 10.2. The van der Waals surface area contributed by atoms with Crippen LogP contribution in [0.3, 0.4) is 0 Å². The third kappa shape index (κ3) is 2.96. The Morgan fingerprint density at radius 2 is 2.27 bits per heavy atom. The van der Waals surface area contributed by atoms with Crippen molar-refractivity contribution in [1.82, 2.24) is 19.9 Å². The Labute approximate surface area is 129 Å². The molecule has 3 aromatic rings. The molecular formula is C13H10ClFN6O. The summed E-state index contributed by atoms with van der Waals surface area (Å²) in [6.07, 6.45) is 5.02. The molecule has 0 spiro atoms. The third-order valence-corrected chi connectivity index (χ3v) is 3.16. The van der Waals surface area contributed by atoms with Gasteiger partial charge in [0.1, 0.15) is 11.5 Å².